The molecule has 1 aliphatic carbocycles. The number of benzene rings is 8. The summed E-state index contributed by atoms with van der Waals surface area (Å²) < 4.78 is 4.15. The van der Waals surface area contributed by atoms with Gasteiger partial charge in [-0.15, -0.1) is 0 Å². The molecule has 0 radical (unpaired) electrons. The zero-order valence-electron chi connectivity index (χ0n) is 29.5. The van der Waals surface area contributed by atoms with E-state index in [0.717, 1.165) is 45.7 Å². The standard InChI is InChI=1S/C25H18Br2O.C25H16Br2/c26-21-13-11-18(12-14-21)23-16-15-22(27)17-24(23)25(28,19-7-3-1-4-8-19)20-9-5-2-6-10-20;26-19-11-13-21-22-14-12-20(27)16-24(22)25(23(21)15-19,17-7-3-1-4-8-17)18-9-5-2-6-10-18/h1-17,28H;1-16H. The Labute approximate surface area is 356 Å². The van der Waals surface area contributed by atoms with E-state index in [4.69, 9.17) is 0 Å². The quantitative estimate of drug-likeness (QED) is 0.165. The third-order valence-electron chi connectivity index (χ3n) is 10.4. The van der Waals surface area contributed by atoms with Crippen LogP contribution in [0.15, 0.2) is 218 Å². The fraction of sp³-hybridized carbons (Fsp3) is 0.0400. The van der Waals surface area contributed by atoms with Gasteiger partial charge in [-0.1, -0.05) is 215 Å². The lowest BCUT2D eigenvalue weighted by atomic mass is 9.68. The van der Waals surface area contributed by atoms with Crippen LogP contribution in [0, 0.1) is 0 Å². The largest absolute Gasteiger partial charge is 0.376 e. The number of rotatable bonds is 6. The monoisotopic (exact) mass is 966 g/mol. The minimum absolute atomic E-state index is 0.333. The SMILES string of the molecule is Brc1ccc2c(c1)C(c1ccccc1)(c1ccccc1)c1cc(Br)ccc1-2.OC(c1ccccc1)(c1ccccc1)c1cc(Br)ccc1-c1ccc(Br)cc1. The van der Waals surface area contributed by atoms with Gasteiger partial charge in [-0.2, -0.15) is 0 Å². The molecule has 0 fully saturated rings. The third kappa shape index (κ3) is 7.02. The van der Waals surface area contributed by atoms with Crippen molar-refractivity contribution in [2.45, 2.75) is 11.0 Å². The smallest absolute Gasteiger partial charge is 0.141 e. The number of halogens is 4. The molecule has 0 amide bonds. The van der Waals surface area contributed by atoms with Gasteiger partial charge in [-0.25, -0.2) is 0 Å². The van der Waals surface area contributed by atoms with Gasteiger partial charge in [-0.3, -0.25) is 0 Å². The number of fused-ring (bicyclic) bond motifs is 3. The first-order valence-electron chi connectivity index (χ1n) is 17.9. The zero-order valence-corrected chi connectivity index (χ0v) is 35.9. The maximum atomic E-state index is 12.2. The van der Waals surface area contributed by atoms with Crippen molar-refractivity contribution in [1.29, 1.82) is 0 Å². The molecule has 0 aliphatic heterocycles. The first-order chi connectivity index (χ1) is 26.8. The lowest BCUT2D eigenvalue weighted by Crippen LogP contribution is -2.29. The molecule has 55 heavy (non-hydrogen) atoms. The topological polar surface area (TPSA) is 20.2 Å². The molecule has 9 rings (SSSR count). The van der Waals surface area contributed by atoms with E-state index in [2.05, 4.69) is 179 Å². The van der Waals surface area contributed by atoms with E-state index < -0.39 is 5.60 Å². The molecule has 0 aromatic heterocycles. The summed E-state index contributed by atoms with van der Waals surface area (Å²) in [6, 6.07) is 68.9. The molecule has 1 nitrogen and oxygen atoms in total. The maximum absolute atomic E-state index is 12.2. The molecule has 0 atom stereocenters. The van der Waals surface area contributed by atoms with Crippen molar-refractivity contribution in [1.82, 2.24) is 0 Å². The molecule has 8 aromatic rings. The van der Waals surface area contributed by atoms with Crippen LogP contribution in [0.4, 0.5) is 0 Å². The zero-order chi connectivity index (χ0) is 38.0. The summed E-state index contributed by atoms with van der Waals surface area (Å²) >= 11 is 14.5. The van der Waals surface area contributed by atoms with Crippen molar-refractivity contribution < 1.29 is 5.11 Å². The van der Waals surface area contributed by atoms with Crippen LogP contribution in [0.5, 0.6) is 0 Å². The van der Waals surface area contributed by atoms with Crippen LogP contribution >= 0.6 is 63.7 Å². The molecule has 1 aliphatic rings. The van der Waals surface area contributed by atoms with Crippen molar-refractivity contribution in [3.8, 4) is 22.3 Å². The van der Waals surface area contributed by atoms with Crippen molar-refractivity contribution >= 4 is 63.7 Å². The molecule has 268 valence electrons. The Bertz CT molecular complexity index is 2440. The summed E-state index contributed by atoms with van der Waals surface area (Å²) in [5.41, 5.74) is 10.7. The maximum Gasteiger partial charge on any atom is 0.141 e. The molecular formula is C50H34Br4O. The second-order valence-electron chi connectivity index (χ2n) is 13.5. The first kappa shape index (κ1) is 37.6. The van der Waals surface area contributed by atoms with E-state index in [1.807, 2.05) is 84.9 Å². The van der Waals surface area contributed by atoms with Gasteiger partial charge in [0.25, 0.3) is 0 Å². The molecule has 0 saturated carbocycles. The summed E-state index contributed by atoms with van der Waals surface area (Å²) in [5, 5.41) is 12.2. The Morgan fingerprint density at radius 3 is 1.16 bits per heavy atom. The molecule has 0 heterocycles. The number of hydrogen-bond acceptors (Lipinski definition) is 1. The van der Waals surface area contributed by atoms with Gasteiger partial charge >= 0.3 is 0 Å². The van der Waals surface area contributed by atoms with Crippen LogP contribution in [0.2, 0.25) is 0 Å². The van der Waals surface area contributed by atoms with E-state index in [1.165, 1.54) is 33.4 Å². The fourth-order valence-electron chi connectivity index (χ4n) is 7.97. The van der Waals surface area contributed by atoms with Gasteiger partial charge in [0.15, 0.2) is 0 Å². The number of hydrogen-bond donors (Lipinski definition) is 1. The molecule has 0 spiro atoms. The van der Waals surface area contributed by atoms with Gasteiger partial charge in [-0.05, 0) is 104 Å². The molecule has 1 N–H and O–H groups in total. The predicted octanol–water partition coefficient (Wildman–Crippen LogP) is 14.7. The molecule has 0 saturated heterocycles. The second-order valence-corrected chi connectivity index (χ2v) is 17.2. The summed E-state index contributed by atoms with van der Waals surface area (Å²) in [6.07, 6.45) is 0. The van der Waals surface area contributed by atoms with Crippen molar-refractivity contribution in [3.05, 3.63) is 257 Å². The summed E-state index contributed by atoms with van der Waals surface area (Å²) in [7, 11) is 0. The molecular weight excluding hydrogens is 936 g/mol. The Morgan fingerprint density at radius 2 is 0.727 bits per heavy atom. The third-order valence-corrected chi connectivity index (χ3v) is 12.4. The van der Waals surface area contributed by atoms with Gasteiger partial charge in [0.05, 0.1) is 5.41 Å². The van der Waals surface area contributed by atoms with Gasteiger partial charge < -0.3 is 5.11 Å². The summed E-state index contributed by atoms with van der Waals surface area (Å²) in [4.78, 5) is 0. The summed E-state index contributed by atoms with van der Waals surface area (Å²) in [5.74, 6) is 0. The van der Waals surface area contributed by atoms with Crippen molar-refractivity contribution in [2.75, 3.05) is 0 Å². The van der Waals surface area contributed by atoms with Crippen LogP contribution in [-0.4, -0.2) is 5.11 Å². The normalized spacial score (nSPS) is 12.6. The highest BCUT2D eigenvalue weighted by atomic mass is 79.9. The summed E-state index contributed by atoms with van der Waals surface area (Å²) in [6.45, 7) is 0. The lowest BCUT2D eigenvalue weighted by molar-refractivity contribution is 0.126. The second kappa shape index (κ2) is 16.0. The van der Waals surface area contributed by atoms with Crippen LogP contribution in [-0.2, 0) is 11.0 Å². The highest BCUT2D eigenvalue weighted by Gasteiger charge is 2.46. The molecule has 0 unspecified atom stereocenters. The highest BCUT2D eigenvalue weighted by molar-refractivity contribution is 9.11. The molecule has 8 aromatic carbocycles. The average molecular weight is 970 g/mol. The lowest BCUT2D eigenvalue weighted by Gasteiger charge is -2.34. The Balaban J connectivity index is 0.000000155. The fourth-order valence-corrected chi connectivity index (χ4v) is 9.31. The van der Waals surface area contributed by atoms with Crippen molar-refractivity contribution in [2.24, 2.45) is 0 Å². The van der Waals surface area contributed by atoms with E-state index in [-0.39, 0.29) is 5.41 Å². The van der Waals surface area contributed by atoms with Gasteiger partial charge in [0.2, 0.25) is 0 Å². The molecule has 5 heteroatoms. The van der Waals surface area contributed by atoms with Crippen LogP contribution < -0.4 is 0 Å². The highest BCUT2D eigenvalue weighted by Crippen LogP contribution is 2.57. The van der Waals surface area contributed by atoms with E-state index in [0.29, 0.717) is 0 Å². The van der Waals surface area contributed by atoms with Gasteiger partial charge in [0, 0.05) is 23.5 Å². The Morgan fingerprint density at radius 1 is 0.364 bits per heavy atom. The van der Waals surface area contributed by atoms with E-state index in [1.54, 1.807) is 0 Å². The minimum Gasteiger partial charge on any atom is -0.376 e. The van der Waals surface area contributed by atoms with Crippen LogP contribution in [0.1, 0.15) is 38.9 Å². The van der Waals surface area contributed by atoms with Crippen LogP contribution in [0.25, 0.3) is 22.3 Å². The van der Waals surface area contributed by atoms with E-state index >= 15 is 0 Å². The van der Waals surface area contributed by atoms with Gasteiger partial charge in [0.1, 0.15) is 5.60 Å². The minimum atomic E-state index is -1.28. The van der Waals surface area contributed by atoms with Crippen molar-refractivity contribution in [3.63, 3.8) is 0 Å². The Hall–Kier alpha value is -4.36. The number of aliphatic hydroxyl groups is 1. The average Bonchev–Trinajstić information content (AvgIpc) is 3.51. The van der Waals surface area contributed by atoms with Crippen LogP contribution in [0.3, 0.4) is 0 Å². The van der Waals surface area contributed by atoms with E-state index in [9.17, 15) is 5.11 Å². The predicted molar refractivity (Wildman–Crippen MR) is 241 cm³/mol. The molecule has 0 bridgehead atoms. The first-order valence-corrected chi connectivity index (χ1v) is 21.1. The Kier molecular flexibility index (Phi) is 10.9.